The maximum Gasteiger partial charge on any atom is 0.410 e. The molecule has 1 fully saturated rings. The lowest BCUT2D eigenvalue weighted by Crippen LogP contribution is -2.50. The number of nitrogens with one attached hydrogen (secondary N) is 1. The summed E-state index contributed by atoms with van der Waals surface area (Å²) < 4.78 is 7.86. The molecule has 2 aliphatic rings. The topological polar surface area (TPSA) is 66.8 Å². The minimum Gasteiger partial charge on any atom is -0.444 e. The highest BCUT2D eigenvalue weighted by molar-refractivity contribution is 5.87. The second-order valence-electron chi connectivity index (χ2n) is 10.7. The summed E-state index contributed by atoms with van der Waals surface area (Å²) in [4.78, 5) is 29.4. The maximum absolute atomic E-state index is 12.9. The Labute approximate surface area is 197 Å². The van der Waals surface area contributed by atoms with Gasteiger partial charge in [0.15, 0.2) is 0 Å². The highest BCUT2D eigenvalue weighted by Crippen LogP contribution is 2.31. The molecule has 0 aliphatic carbocycles. The molecule has 180 valence electrons. The van der Waals surface area contributed by atoms with Crippen LogP contribution in [0.4, 0.5) is 4.79 Å². The molecule has 1 unspecified atom stereocenters. The van der Waals surface area contributed by atoms with Crippen LogP contribution < -0.4 is 5.32 Å². The molecule has 7 heteroatoms. The van der Waals surface area contributed by atoms with Crippen molar-refractivity contribution >= 4 is 22.9 Å². The van der Waals surface area contributed by atoms with Gasteiger partial charge in [-0.25, -0.2) is 4.79 Å². The minimum absolute atomic E-state index is 0.0228. The predicted octanol–water partition coefficient (Wildman–Crippen LogP) is 3.84. The number of rotatable bonds is 4. The number of carbonyl (C=O) groups is 2. The number of amides is 2. The number of fused-ring (bicyclic) bond motifs is 3. The number of piperidine rings is 1. The van der Waals surface area contributed by atoms with Crippen molar-refractivity contribution in [3.63, 3.8) is 0 Å². The van der Waals surface area contributed by atoms with E-state index in [1.165, 1.54) is 27.7 Å². The quantitative estimate of drug-likeness (QED) is 0.762. The van der Waals surface area contributed by atoms with Crippen molar-refractivity contribution in [2.24, 2.45) is 0 Å². The lowest BCUT2D eigenvalue weighted by atomic mass is 10.0. The monoisotopic (exact) mass is 454 g/mol. The third-order valence-electron chi connectivity index (χ3n) is 6.60. The summed E-state index contributed by atoms with van der Waals surface area (Å²) >= 11 is 0. The van der Waals surface area contributed by atoms with Crippen LogP contribution >= 0.6 is 0 Å². The molecular weight excluding hydrogens is 416 g/mol. The van der Waals surface area contributed by atoms with Crippen LogP contribution in [-0.4, -0.2) is 64.7 Å². The second-order valence-corrected chi connectivity index (χ2v) is 10.7. The van der Waals surface area contributed by atoms with E-state index in [1.807, 2.05) is 20.8 Å². The van der Waals surface area contributed by atoms with Crippen LogP contribution in [0, 0.1) is 6.92 Å². The van der Waals surface area contributed by atoms with Gasteiger partial charge in [-0.15, -0.1) is 0 Å². The van der Waals surface area contributed by atoms with Crippen molar-refractivity contribution in [2.75, 3.05) is 26.7 Å². The van der Waals surface area contributed by atoms with Crippen LogP contribution in [0.1, 0.15) is 56.9 Å². The molecule has 2 aliphatic heterocycles. The number of ether oxygens (including phenoxy) is 1. The van der Waals surface area contributed by atoms with Crippen molar-refractivity contribution in [3.8, 4) is 0 Å². The number of aromatic nitrogens is 1. The van der Waals surface area contributed by atoms with Gasteiger partial charge in [-0.3, -0.25) is 4.79 Å². The van der Waals surface area contributed by atoms with Gasteiger partial charge in [0, 0.05) is 68.2 Å². The Bertz CT molecular complexity index is 1040. The van der Waals surface area contributed by atoms with Crippen LogP contribution in [-0.2, 0) is 29.0 Å². The first-order valence-corrected chi connectivity index (χ1v) is 12.2. The molecular formula is C26H38N4O3. The number of benzene rings is 1. The van der Waals surface area contributed by atoms with Gasteiger partial charge in [0.25, 0.3) is 0 Å². The number of likely N-dealkylation sites (N-methyl/N-ethyl adjacent to an activating group) is 1. The van der Waals surface area contributed by atoms with E-state index in [9.17, 15) is 9.59 Å². The summed E-state index contributed by atoms with van der Waals surface area (Å²) in [7, 11) is 2.17. The van der Waals surface area contributed by atoms with Gasteiger partial charge in [0.05, 0.1) is 0 Å². The highest BCUT2D eigenvalue weighted by atomic mass is 16.6. The molecule has 3 heterocycles. The third-order valence-corrected chi connectivity index (χ3v) is 6.60. The summed E-state index contributed by atoms with van der Waals surface area (Å²) in [5, 5.41) is 4.48. The fraction of sp³-hybridized carbons (Fsp3) is 0.615. The fourth-order valence-corrected chi connectivity index (χ4v) is 5.05. The van der Waals surface area contributed by atoms with Crippen molar-refractivity contribution in [3.05, 3.63) is 35.0 Å². The van der Waals surface area contributed by atoms with Gasteiger partial charge >= 0.3 is 6.09 Å². The van der Waals surface area contributed by atoms with E-state index in [-0.39, 0.29) is 18.0 Å². The van der Waals surface area contributed by atoms with E-state index >= 15 is 0 Å². The van der Waals surface area contributed by atoms with E-state index in [0.29, 0.717) is 26.1 Å². The first kappa shape index (κ1) is 23.6. The summed E-state index contributed by atoms with van der Waals surface area (Å²) in [5.74, 6) is 0.0432. The predicted molar refractivity (Wildman–Crippen MR) is 130 cm³/mol. The molecule has 1 N–H and O–H groups in total. The third kappa shape index (κ3) is 5.52. The average Bonchev–Trinajstić information content (AvgIpc) is 3.03. The molecule has 1 aromatic heterocycles. The Hall–Kier alpha value is -2.54. The maximum atomic E-state index is 12.9. The van der Waals surface area contributed by atoms with Crippen molar-refractivity contribution < 1.29 is 14.3 Å². The Balaban J connectivity index is 1.40. The number of aryl methyl sites for hydroxylation is 2. The van der Waals surface area contributed by atoms with Crippen molar-refractivity contribution in [2.45, 2.75) is 78.1 Å². The second kappa shape index (κ2) is 9.37. The molecule has 1 aromatic carbocycles. The Morgan fingerprint density at radius 3 is 2.76 bits per heavy atom. The summed E-state index contributed by atoms with van der Waals surface area (Å²) in [6, 6.07) is 6.60. The smallest absolute Gasteiger partial charge is 0.410 e. The molecule has 2 amide bonds. The summed E-state index contributed by atoms with van der Waals surface area (Å²) in [6.07, 6.45) is 2.90. The molecule has 1 saturated heterocycles. The summed E-state index contributed by atoms with van der Waals surface area (Å²) in [6.45, 7) is 11.6. The number of hydrogen-bond donors (Lipinski definition) is 1. The van der Waals surface area contributed by atoms with E-state index in [1.54, 1.807) is 4.90 Å². The van der Waals surface area contributed by atoms with Crippen LogP contribution in [0.2, 0.25) is 0 Å². The molecule has 0 saturated carbocycles. The molecule has 7 nitrogen and oxygen atoms in total. The first-order chi connectivity index (χ1) is 15.6. The largest absolute Gasteiger partial charge is 0.444 e. The molecule has 2 aromatic rings. The molecule has 0 radical (unpaired) electrons. The molecule has 0 bridgehead atoms. The highest BCUT2D eigenvalue weighted by Gasteiger charge is 2.28. The van der Waals surface area contributed by atoms with Crippen molar-refractivity contribution in [1.82, 2.24) is 19.7 Å². The SMILES string of the molecule is Cc1ccc2c(c1)c1c(n2CCC(=O)NC2CCCN(C(=O)OC(C)(C)C)C2)CCN(C)C1. The van der Waals surface area contributed by atoms with Gasteiger partial charge in [0.1, 0.15) is 5.60 Å². The number of likely N-dealkylation sites (tertiary alicyclic amines) is 1. The molecule has 4 rings (SSSR count). The zero-order chi connectivity index (χ0) is 23.8. The Kier molecular flexibility index (Phi) is 6.71. The number of nitrogens with zero attached hydrogens (tertiary/aromatic N) is 3. The molecule has 1 atom stereocenters. The van der Waals surface area contributed by atoms with Crippen LogP contribution in [0.25, 0.3) is 10.9 Å². The zero-order valence-corrected chi connectivity index (χ0v) is 20.7. The van der Waals surface area contributed by atoms with Gasteiger partial charge in [-0.2, -0.15) is 0 Å². The number of hydrogen-bond acceptors (Lipinski definition) is 4. The molecule has 0 spiro atoms. The van der Waals surface area contributed by atoms with Gasteiger partial charge in [-0.1, -0.05) is 11.6 Å². The number of carbonyl (C=O) groups excluding carboxylic acids is 2. The van der Waals surface area contributed by atoms with Crippen LogP contribution in [0.3, 0.4) is 0 Å². The van der Waals surface area contributed by atoms with Gasteiger partial charge in [-0.05, 0) is 65.3 Å². The van der Waals surface area contributed by atoms with E-state index < -0.39 is 5.60 Å². The molecule has 33 heavy (non-hydrogen) atoms. The average molecular weight is 455 g/mol. The van der Waals surface area contributed by atoms with Crippen molar-refractivity contribution in [1.29, 1.82) is 0 Å². The van der Waals surface area contributed by atoms with Crippen LogP contribution in [0.5, 0.6) is 0 Å². The lowest BCUT2D eigenvalue weighted by Gasteiger charge is -2.34. The summed E-state index contributed by atoms with van der Waals surface area (Å²) in [5.41, 5.74) is 4.75. The van der Waals surface area contributed by atoms with E-state index in [4.69, 9.17) is 4.74 Å². The van der Waals surface area contributed by atoms with E-state index in [0.717, 1.165) is 32.4 Å². The Morgan fingerprint density at radius 1 is 1.21 bits per heavy atom. The minimum atomic E-state index is -0.515. The zero-order valence-electron chi connectivity index (χ0n) is 20.7. The normalized spacial score (nSPS) is 19.4. The van der Waals surface area contributed by atoms with Crippen LogP contribution in [0.15, 0.2) is 18.2 Å². The van der Waals surface area contributed by atoms with E-state index in [2.05, 4.69) is 47.0 Å². The fourth-order valence-electron chi connectivity index (χ4n) is 5.05. The lowest BCUT2D eigenvalue weighted by molar-refractivity contribution is -0.122. The first-order valence-electron chi connectivity index (χ1n) is 12.2. The van der Waals surface area contributed by atoms with Gasteiger partial charge in [0.2, 0.25) is 5.91 Å². The Morgan fingerprint density at radius 2 is 2.00 bits per heavy atom. The van der Waals surface area contributed by atoms with Gasteiger partial charge < -0.3 is 24.4 Å². The standard InChI is InChI=1S/C26H38N4O3/c1-18-8-9-22-20(15-18)21-17-28(5)13-10-23(21)30(22)14-11-24(31)27-19-7-6-12-29(16-19)25(32)33-26(2,3)4/h8-9,15,19H,6-7,10-14,16-17H2,1-5H3,(H,27,31).